The zero-order valence-corrected chi connectivity index (χ0v) is 19.9. The number of halogens is 1. The minimum atomic E-state index is -0.589. The molecule has 0 spiro atoms. The number of benzene rings is 3. The van der Waals surface area contributed by atoms with E-state index in [1.165, 1.54) is 17.0 Å². The van der Waals surface area contributed by atoms with E-state index in [0.29, 0.717) is 34.3 Å². The molecule has 1 unspecified atom stereocenters. The van der Waals surface area contributed by atoms with E-state index in [4.69, 9.17) is 14.0 Å². The monoisotopic (exact) mass is 486 g/mol. The van der Waals surface area contributed by atoms with Crippen molar-refractivity contribution in [1.82, 2.24) is 15.5 Å². The van der Waals surface area contributed by atoms with Crippen molar-refractivity contribution in [1.29, 1.82) is 0 Å². The molecule has 2 heterocycles. The van der Waals surface area contributed by atoms with Gasteiger partial charge in [-0.1, -0.05) is 17.3 Å². The molecule has 182 valence electrons. The molecule has 1 aliphatic rings. The van der Waals surface area contributed by atoms with Crippen LogP contribution in [0, 0.1) is 5.82 Å². The molecule has 2 amide bonds. The topological polar surface area (TPSA) is 89.7 Å². The summed E-state index contributed by atoms with van der Waals surface area (Å²) in [6, 6.07) is 19.4. The molecule has 0 saturated heterocycles. The van der Waals surface area contributed by atoms with Gasteiger partial charge in [0, 0.05) is 11.3 Å². The molecule has 1 atom stereocenters. The highest BCUT2D eigenvalue weighted by molar-refractivity contribution is 6.01. The quantitative estimate of drug-likeness (QED) is 0.382. The molecule has 0 bridgehead atoms. The second-order valence-corrected chi connectivity index (χ2v) is 8.12. The Morgan fingerprint density at radius 1 is 0.972 bits per heavy atom. The lowest BCUT2D eigenvalue weighted by Crippen LogP contribution is -2.46. The van der Waals surface area contributed by atoms with Crippen LogP contribution in [-0.4, -0.2) is 30.4 Å². The summed E-state index contributed by atoms with van der Waals surface area (Å²) in [6.45, 7) is 1.79. The van der Waals surface area contributed by atoms with E-state index in [0.717, 1.165) is 11.1 Å². The van der Waals surface area contributed by atoms with Gasteiger partial charge in [-0.05, 0) is 73.2 Å². The molecule has 0 saturated carbocycles. The normalized spacial score (nSPS) is 15.6. The van der Waals surface area contributed by atoms with Crippen molar-refractivity contribution in [3.8, 4) is 22.9 Å². The van der Waals surface area contributed by atoms with Gasteiger partial charge >= 0.3 is 6.03 Å². The Morgan fingerprint density at radius 3 is 2.39 bits per heavy atom. The van der Waals surface area contributed by atoms with E-state index in [2.05, 4.69) is 15.5 Å². The summed E-state index contributed by atoms with van der Waals surface area (Å²) >= 11 is 0. The average molecular weight is 487 g/mol. The first kappa shape index (κ1) is 23.1. The lowest BCUT2D eigenvalue weighted by atomic mass is 9.94. The first-order valence-corrected chi connectivity index (χ1v) is 11.2. The molecule has 8 nitrogen and oxygen atoms in total. The Hall–Kier alpha value is -4.66. The number of urea groups is 1. The molecule has 0 fully saturated rings. The van der Waals surface area contributed by atoms with Crippen LogP contribution >= 0.6 is 0 Å². The predicted octanol–water partition coefficient (Wildman–Crippen LogP) is 5.60. The van der Waals surface area contributed by atoms with Crippen LogP contribution in [0.1, 0.15) is 24.4 Å². The van der Waals surface area contributed by atoms with E-state index in [1.54, 1.807) is 33.3 Å². The number of allylic oxidation sites excluding steroid dienone is 1. The van der Waals surface area contributed by atoms with Crippen LogP contribution in [0.4, 0.5) is 14.9 Å². The van der Waals surface area contributed by atoms with E-state index in [1.807, 2.05) is 48.5 Å². The van der Waals surface area contributed by atoms with Gasteiger partial charge < -0.3 is 19.3 Å². The van der Waals surface area contributed by atoms with Crippen LogP contribution in [0.5, 0.6) is 11.5 Å². The van der Waals surface area contributed by atoms with E-state index in [9.17, 15) is 9.18 Å². The highest BCUT2D eigenvalue weighted by atomic mass is 19.1. The number of aromatic nitrogens is 2. The zero-order valence-electron chi connectivity index (χ0n) is 19.9. The number of carbonyl (C=O) groups excluding carboxylic acids is 1. The van der Waals surface area contributed by atoms with E-state index >= 15 is 0 Å². The fourth-order valence-corrected chi connectivity index (χ4v) is 4.18. The molecule has 5 rings (SSSR count). The fraction of sp³-hybridized carbons (Fsp3) is 0.148. The van der Waals surface area contributed by atoms with E-state index < -0.39 is 11.9 Å². The van der Waals surface area contributed by atoms with Crippen LogP contribution in [0.25, 0.3) is 17.0 Å². The van der Waals surface area contributed by atoms with Crippen molar-refractivity contribution in [3.05, 3.63) is 95.8 Å². The molecule has 36 heavy (non-hydrogen) atoms. The standard InChI is InChI=1S/C27H23FN4O4/c1-16-23(26-30-25(31-36-26)17-7-13-21(34-2)14-8-17)24(18-5-4-6-22(15-18)35-3)29-27(33)32(16)20-11-9-19(28)10-12-20/h4-15,24H,1-3H3,(H,29,33). The fourth-order valence-electron chi connectivity index (χ4n) is 4.18. The summed E-state index contributed by atoms with van der Waals surface area (Å²) in [6.07, 6.45) is 0. The van der Waals surface area contributed by atoms with Crippen molar-refractivity contribution < 1.29 is 23.2 Å². The van der Waals surface area contributed by atoms with Crippen molar-refractivity contribution in [2.75, 3.05) is 19.1 Å². The highest BCUT2D eigenvalue weighted by Gasteiger charge is 2.36. The number of rotatable bonds is 6. The van der Waals surface area contributed by atoms with Crippen LogP contribution in [-0.2, 0) is 0 Å². The van der Waals surface area contributed by atoms with Crippen molar-refractivity contribution >= 4 is 17.3 Å². The third-order valence-electron chi connectivity index (χ3n) is 6.00. The number of ether oxygens (including phenoxy) is 2. The van der Waals surface area contributed by atoms with Gasteiger partial charge in [0.2, 0.25) is 5.82 Å². The van der Waals surface area contributed by atoms with Gasteiger partial charge in [0.25, 0.3) is 5.89 Å². The highest BCUT2D eigenvalue weighted by Crippen LogP contribution is 2.39. The van der Waals surface area contributed by atoms with Crippen molar-refractivity contribution in [3.63, 3.8) is 0 Å². The second-order valence-electron chi connectivity index (χ2n) is 8.12. The number of amides is 2. The summed E-state index contributed by atoms with van der Waals surface area (Å²) < 4.78 is 29.9. The van der Waals surface area contributed by atoms with Crippen LogP contribution in [0.3, 0.4) is 0 Å². The first-order valence-electron chi connectivity index (χ1n) is 11.2. The molecule has 0 radical (unpaired) electrons. The summed E-state index contributed by atoms with van der Waals surface area (Å²) in [5.41, 5.74) is 3.21. The van der Waals surface area contributed by atoms with Gasteiger partial charge in [-0.15, -0.1) is 0 Å². The Balaban J connectivity index is 1.63. The number of hydrogen-bond donors (Lipinski definition) is 1. The van der Waals surface area contributed by atoms with Gasteiger partial charge in [0.15, 0.2) is 0 Å². The number of carbonyl (C=O) groups is 1. The van der Waals surface area contributed by atoms with Crippen LogP contribution in [0.2, 0.25) is 0 Å². The van der Waals surface area contributed by atoms with Crippen molar-refractivity contribution in [2.45, 2.75) is 13.0 Å². The van der Waals surface area contributed by atoms with Gasteiger partial charge in [0.05, 0.1) is 31.5 Å². The Kier molecular flexibility index (Phi) is 6.12. The van der Waals surface area contributed by atoms with Gasteiger partial charge in [-0.2, -0.15) is 4.98 Å². The summed E-state index contributed by atoms with van der Waals surface area (Å²) in [4.78, 5) is 19.4. The third kappa shape index (κ3) is 4.26. The molecule has 9 heteroatoms. The maximum absolute atomic E-state index is 13.6. The number of nitrogens with zero attached hydrogens (tertiary/aromatic N) is 3. The molecular formula is C27H23FN4O4. The molecule has 1 aromatic heterocycles. The lowest BCUT2D eigenvalue weighted by molar-refractivity contribution is 0.244. The largest absolute Gasteiger partial charge is 0.497 e. The summed E-state index contributed by atoms with van der Waals surface area (Å²) in [5.74, 6) is 1.60. The summed E-state index contributed by atoms with van der Waals surface area (Å²) in [7, 11) is 3.18. The number of anilines is 1. The lowest BCUT2D eigenvalue weighted by Gasteiger charge is -2.35. The maximum atomic E-state index is 13.6. The van der Waals surface area contributed by atoms with Gasteiger partial charge in [-0.25, -0.2) is 9.18 Å². The Bertz CT molecular complexity index is 1430. The predicted molar refractivity (Wildman–Crippen MR) is 132 cm³/mol. The van der Waals surface area contributed by atoms with E-state index in [-0.39, 0.29) is 11.9 Å². The third-order valence-corrected chi connectivity index (χ3v) is 6.00. The minimum absolute atomic E-state index is 0.248. The Morgan fingerprint density at radius 2 is 1.69 bits per heavy atom. The van der Waals surface area contributed by atoms with Crippen LogP contribution < -0.4 is 19.7 Å². The molecule has 3 aromatic carbocycles. The van der Waals surface area contributed by atoms with Gasteiger partial charge in [-0.3, -0.25) is 4.90 Å². The Labute approximate surface area is 207 Å². The summed E-state index contributed by atoms with van der Waals surface area (Å²) in [5, 5.41) is 7.20. The maximum Gasteiger partial charge on any atom is 0.326 e. The van der Waals surface area contributed by atoms with Gasteiger partial charge in [0.1, 0.15) is 17.3 Å². The van der Waals surface area contributed by atoms with Crippen molar-refractivity contribution in [2.24, 2.45) is 0 Å². The molecule has 1 aliphatic heterocycles. The first-order chi connectivity index (χ1) is 17.5. The molecule has 1 N–H and O–H groups in total. The SMILES string of the molecule is COc1ccc(-c2noc(C3=C(C)N(c4ccc(F)cc4)C(=O)NC3c3cccc(OC)c3)n2)cc1. The average Bonchev–Trinajstić information content (AvgIpc) is 3.39. The zero-order chi connectivity index (χ0) is 25.2. The molecule has 4 aromatic rings. The number of nitrogens with one attached hydrogen (secondary N) is 1. The minimum Gasteiger partial charge on any atom is -0.497 e. The smallest absolute Gasteiger partial charge is 0.326 e. The second kappa shape index (κ2) is 9.53. The number of methoxy groups -OCH3 is 2. The number of hydrogen-bond acceptors (Lipinski definition) is 6. The van der Waals surface area contributed by atoms with Crippen LogP contribution in [0.15, 0.2) is 83.0 Å². The molecular weight excluding hydrogens is 463 g/mol. The molecule has 0 aliphatic carbocycles.